The number of fused-ring (bicyclic) bond motifs is 2. The zero-order valence-electron chi connectivity index (χ0n) is 32.8. The highest BCUT2D eigenvalue weighted by Crippen LogP contribution is 2.46. The number of unbranched alkanes of at least 4 members (excludes halogenated alkanes) is 2. The molecule has 2 fully saturated rings. The van der Waals surface area contributed by atoms with Crippen LogP contribution >= 0.6 is 0 Å². The molecule has 3 aliphatic rings. The van der Waals surface area contributed by atoms with Crippen LogP contribution in [-0.2, 0) is 48.9 Å². The lowest BCUT2D eigenvalue weighted by Crippen LogP contribution is -2.51. The largest absolute Gasteiger partial charge is 0.427 e. The molecule has 1 saturated heterocycles. The first kappa shape index (κ1) is 42.3. The standard InChI is InChI=1S/C44H50F4N4O6/c1-28-8-9-31(24-28)6-4-3-5-7-38(53)49-35-17-12-30(13-18-35)14-21-39(54)50-36-19-20-37-33(25-36)22-23-43(37)41(56)52(42(57)58-43)27-40(55)51(29(2)44(46,47)48)26-32-10-15-34(45)16-11-32/h10-13,15-20,25,28-29,31H,3-9,14,21-24,26-27H2,1-2H3,(H,49,53)(H,50,54)/t28-,29-,31?,43+/m0/s1. The Labute approximate surface area is 335 Å². The average Bonchev–Trinajstić information content (AvgIpc) is 3.84. The molecular formula is C44H50F4N4O6. The molecule has 3 aromatic rings. The van der Waals surface area contributed by atoms with Gasteiger partial charge in [-0.3, -0.25) is 19.2 Å². The third-order valence-electron chi connectivity index (χ3n) is 11.7. The Morgan fingerprint density at radius 3 is 2.26 bits per heavy atom. The van der Waals surface area contributed by atoms with Crippen LogP contribution in [0.25, 0.3) is 0 Å². The summed E-state index contributed by atoms with van der Waals surface area (Å²) < 4.78 is 60.4. The van der Waals surface area contributed by atoms with Crippen molar-refractivity contribution in [2.24, 2.45) is 11.8 Å². The third-order valence-corrected chi connectivity index (χ3v) is 11.7. The number of ether oxygens (including phenoxy) is 1. The van der Waals surface area contributed by atoms with E-state index in [0.29, 0.717) is 51.6 Å². The molecular weight excluding hydrogens is 756 g/mol. The van der Waals surface area contributed by atoms with Crippen molar-refractivity contribution in [3.8, 4) is 0 Å². The summed E-state index contributed by atoms with van der Waals surface area (Å²) in [6, 6.07) is 14.5. The van der Waals surface area contributed by atoms with Crippen LogP contribution in [0, 0.1) is 17.7 Å². The number of hydrogen-bond acceptors (Lipinski definition) is 6. The maximum absolute atomic E-state index is 13.8. The Morgan fingerprint density at radius 1 is 0.897 bits per heavy atom. The van der Waals surface area contributed by atoms with Gasteiger partial charge in [0.15, 0.2) is 0 Å². The zero-order valence-corrected chi connectivity index (χ0v) is 32.8. The number of imide groups is 1. The highest BCUT2D eigenvalue weighted by molar-refractivity contribution is 6.06. The molecule has 6 rings (SSSR count). The smallest absolute Gasteiger partial charge is 0.418 e. The summed E-state index contributed by atoms with van der Waals surface area (Å²) >= 11 is 0. The van der Waals surface area contributed by atoms with Crippen LogP contribution in [0.5, 0.6) is 0 Å². The van der Waals surface area contributed by atoms with E-state index in [1.807, 2.05) is 24.3 Å². The van der Waals surface area contributed by atoms with Gasteiger partial charge in [0.2, 0.25) is 23.3 Å². The number of amides is 5. The molecule has 310 valence electrons. The number of alkyl halides is 3. The minimum absolute atomic E-state index is 0.00868. The molecule has 1 heterocycles. The monoisotopic (exact) mass is 806 g/mol. The van der Waals surface area contributed by atoms with E-state index in [1.165, 1.54) is 44.2 Å². The second kappa shape index (κ2) is 18.1. The number of nitrogens with one attached hydrogen (secondary N) is 2. The first-order valence-corrected chi connectivity index (χ1v) is 20.1. The molecule has 10 nitrogen and oxygen atoms in total. The second-order valence-electron chi connectivity index (χ2n) is 16.0. The number of hydrogen-bond donors (Lipinski definition) is 2. The van der Waals surface area contributed by atoms with Crippen molar-refractivity contribution in [2.45, 2.75) is 115 Å². The minimum atomic E-state index is -4.82. The maximum atomic E-state index is 13.8. The number of aryl methyl sites for hydroxylation is 2. The van der Waals surface area contributed by atoms with Crippen LogP contribution in [0.3, 0.4) is 0 Å². The number of rotatable bonds is 16. The number of carbonyl (C=O) groups excluding carboxylic acids is 5. The lowest BCUT2D eigenvalue weighted by Gasteiger charge is -2.31. The lowest BCUT2D eigenvalue weighted by molar-refractivity contribution is -0.187. The van der Waals surface area contributed by atoms with E-state index >= 15 is 0 Å². The maximum Gasteiger partial charge on any atom is 0.418 e. The van der Waals surface area contributed by atoms with E-state index in [1.54, 1.807) is 18.2 Å². The molecule has 2 aliphatic carbocycles. The van der Waals surface area contributed by atoms with Crippen LogP contribution in [0.15, 0.2) is 66.7 Å². The van der Waals surface area contributed by atoms with Gasteiger partial charge in [-0.1, -0.05) is 69.4 Å². The van der Waals surface area contributed by atoms with Gasteiger partial charge in [-0.15, -0.1) is 0 Å². The summed E-state index contributed by atoms with van der Waals surface area (Å²) in [5.41, 5.74) is 1.55. The summed E-state index contributed by atoms with van der Waals surface area (Å²) in [5.74, 6) is -1.17. The number of nitrogens with zero attached hydrogens (tertiary/aromatic N) is 2. The molecule has 0 bridgehead atoms. The average molecular weight is 807 g/mol. The Hall–Kier alpha value is -5.27. The zero-order chi connectivity index (χ0) is 41.6. The van der Waals surface area contributed by atoms with Crippen molar-refractivity contribution in [1.82, 2.24) is 9.80 Å². The van der Waals surface area contributed by atoms with E-state index in [4.69, 9.17) is 4.74 Å². The Kier molecular flexibility index (Phi) is 13.2. The van der Waals surface area contributed by atoms with Crippen molar-refractivity contribution in [2.75, 3.05) is 17.2 Å². The highest BCUT2D eigenvalue weighted by atomic mass is 19.4. The van der Waals surface area contributed by atoms with E-state index in [2.05, 4.69) is 17.6 Å². The van der Waals surface area contributed by atoms with E-state index in [0.717, 1.165) is 49.3 Å². The first-order valence-electron chi connectivity index (χ1n) is 20.1. The molecule has 0 aromatic heterocycles. The van der Waals surface area contributed by atoms with Crippen LogP contribution in [0.2, 0.25) is 0 Å². The summed E-state index contributed by atoms with van der Waals surface area (Å²) in [4.78, 5) is 66.4. The Morgan fingerprint density at radius 2 is 1.57 bits per heavy atom. The van der Waals surface area contributed by atoms with Gasteiger partial charge in [-0.25, -0.2) is 14.1 Å². The highest BCUT2D eigenvalue weighted by Gasteiger charge is 2.58. The van der Waals surface area contributed by atoms with Gasteiger partial charge in [0.05, 0.1) is 0 Å². The second-order valence-corrected chi connectivity index (χ2v) is 16.0. The summed E-state index contributed by atoms with van der Waals surface area (Å²) in [6.45, 7) is 1.59. The van der Waals surface area contributed by atoms with Crippen molar-refractivity contribution in [1.29, 1.82) is 0 Å². The number of halogens is 4. The van der Waals surface area contributed by atoms with Crippen LogP contribution in [-0.4, -0.2) is 58.3 Å². The van der Waals surface area contributed by atoms with Gasteiger partial charge in [0, 0.05) is 42.7 Å². The van der Waals surface area contributed by atoms with E-state index in [-0.39, 0.29) is 30.2 Å². The fourth-order valence-corrected chi connectivity index (χ4v) is 8.30. The molecule has 58 heavy (non-hydrogen) atoms. The Balaban J connectivity index is 0.979. The molecule has 1 aliphatic heterocycles. The van der Waals surface area contributed by atoms with Crippen molar-refractivity contribution < 1.29 is 46.3 Å². The predicted octanol–water partition coefficient (Wildman–Crippen LogP) is 8.82. The van der Waals surface area contributed by atoms with E-state index in [9.17, 15) is 41.5 Å². The van der Waals surface area contributed by atoms with Gasteiger partial charge >= 0.3 is 12.3 Å². The molecule has 0 radical (unpaired) electrons. The van der Waals surface area contributed by atoms with Crippen molar-refractivity contribution in [3.63, 3.8) is 0 Å². The molecule has 1 unspecified atom stereocenters. The molecule has 4 atom stereocenters. The number of anilines is 2. The van der Waals surface area contributed by atoms with Crippen LogP contribution in [0.4, 0.5) is 33.7 Å². The molecule has 1 spiro atoms. The van der Waals surface area contributed by atoms with Crippen LogP contribution < -0.4 is 10.6 Å². The van der Waals surface area contributed by atoms with Crippen molar-refractivity contribution in [3.05, 3.63) is 94.8 Å². The normalized spacial score (nSPS) is 20.6. The first-order chi connectivity index (χ1) is 27.6. The van der Waals surface area contributed by atoms with E-state index < -0.39 is 54.6 Å². The molecule has 2 N–H and O–H groups in total. The third kappa shape index (κ3) is 10.2. The van der Waals surface area contributed by atoms with Crippen LogP contribution in [0.1, 0.15) is 100 Å². The number of carbonyl (C=O) groups is 5. The SMILES string of the molecule is C[C@H]1CCC(CCCCCC(=O)Nc2ccc(CCC(=O)Nc3ccc4c(c3)CC[C@@]43OC(=O)N(CC(=O)N(Cc4ccc(F)cc4)[C@@H](C)C(F)(F)F)C3=O)cc2)C1. The predicted molar refractivity (Wildman–Crippen MR) is 209 cm³/mol. The fraction of sp³-hybridized carbons (Fsp3) is 0.477. The topological polar surface area (TPSA) is 125 Å². The molecule has 3 aromatic carbocycles. The minimum Gasteiger partial charge on any atom is -0.427 e. The van der Waals surface area contributed by atoms with Gasteiger partial charge in [-0.05, 0) is 97.5 Å². The molecule has 5 amide bonds. The number of benzene rings is 3. The fourth-order valence-electron chi connectivity index (χ4n) is 8.30. The van der Waals surface area contributed by atoms with Gasteiger partial charge in [0.1, 0.15) is 18.4 Å². The molecule has 14 heteroatoms. The summed E-state index contributed by atoms with van der Waals surface area (Å²) in [5, 5.41) is 5.80. The molecule has 1 saturated carbocycles. The summed E-state index contributed by atoms with van der Waals surface area (Å²) in [6.07, 6.45) is 3.86. The Bertz CT molecular complexity index is 1990. The van der Waals surface area contributed by atoms with Crippen molar-refractivity contribution >= 4 is 41.1 Å². The quantitative estimate of drug-likeness (QED) is 0.110. The van der Waals surface area contributed by atoms with Gasteiger partial charge in [-0.2, -0.15) is 13.2 Å². The lowest BCUT2D eigenvalue weighted by atomic mass is 9.94. The summed E-state index contributed by atoms with van der Waals surface area (Å²) in [7, 11) is 0. The van der Waals surface area contributed by atoms with Gasteiger partial charge in [0.25, 0.3) is 5.91 Å². The van der Waals surface area contributed by atoms with Gasteiger partial charge < -0.3 is 20.3 Å².